The van der Waals surface area contributed by atoms with Crippen LogP contribution in [-0.4, -0.2) is 7.28 Å². The first kappa shape index (κ1) is 17.1. The fourth-order valence-electron chi connectivity index (χ4n) is 5.34. The second-order valence-electron chi connectivity index (χ2n) is 8.40. The van der Waals surface area contributed by atoms with Gasteiger partial charge in [0.05, 0.1) is 0 Å². The van der Waals surface area contributed by atoms with Crippen LogP contribution in [0, 0.1) is 17.8 Å². The maximum Gasteiger partial charge on any atom is 0.182 e. The molecule has 0 N–H and O–H groups in total. The predicted molar refractivity (Wildman–Crippen MR) is 104 cm³/mol. The molecule has 126 valence electrons. The van der Waals surface area contributed by atoms with Gasteiger partial charge in [-0.1, -0.05) is 48.4 Å². The summed E-state index contributed by atoms with van der Waals surface area (Å²) in [6.45, 7) is 8.88. The van der Waals surface area contributed by atoms with Crippen LogP contribution in [-0.2, 0) is 0 Å². The van der Waals surface area contributed by atoms with Crippen LogP contribution in [0.25, 0.3) is 0 Å². The lowest BCUT2D eigenvalue weighted by atomic mass is 9.45. The van der Waals surface area contributed by atoms with Gasteiger partial charge < -0.3 is 0 Å². The Morgan fingerprint density at radius 1 is 0.870 bits per heavy atom. The first-order valence-corrected chi connectivity index (χ1v) is 10.2. The lowest BCUT2D eigenvalue weighted by Crippen LogP contribution is -2.34. The first-order valence-electron chi connectivity index (χ1n) is 10.2. The molecule has 3 unspecified atom stereocenters. The lowest BCUT2D eigenvalue weighted by molar-refractivity contribution is 0.299. The van der Waals surface area contributed by atoms with Crippen molar-refractivity contribution in [1.82, 2.24) is 0 Å². The molecular formula is C22H35B. The number of hydrogen-bond donors (Lipinski definition) is 0. The highest BCUT2D eigenvalue weighted by Crippen LogP contribution is 2.48. The van der Waals surface area contributed by atoms with E-state index in [9.17, 15) is 0 Å². The zero-order valence-electron chi connectivity index (χ0n) is 15.5. The van der Waals surface area contributed by atoms with Crippen molar-refractivity contribution in [3.05, 3.63) is 34.7 Å². The largest absolute Gasteiger partial charge is 0.182 e. The molecule has 1 fully saturated rings. The summed E-state index contributed by atoms with van der Waals surface area (Å²) in [6, 6.07) is 0. The van der Waals surface area contributed by atoms with Gasteiger partial charge in [0.1, 0.15) is 0 Å². The van der Waals surface area contributed by atoms with E-state index in [0.717, 1.165) is 17.8 Å². The van der Waals surface area contributed by atoms with E-state index in [-0.39, 0.29) is 0 Å². The molecule has 0 radical (unpaired) electrons. The number of rotatable bonds is 3. The molecule has 0 aromatic carbocycles. The summed E-state index contributed by atoms with van der Waals surface area (Å²) in [5, 5.41) is 0. The Bertz CT molecular complexity index is 496. The van der Waals surface area contributed by atoms with E-state index in [1.807, 2.05) is 5.47 Å². The molecule has 0 amide bonds. The quantitative estimate of drug-likeness (QED) is 0.421. The van der Waals surface area contributed by atoms with Crippen LogP contribution >= 0.6 is 0 Å². The van der Waals surface area contributed by atoms with Crippen LogP contribution in [0.4, 0.5) is 0 Å². The van der Waals surface area contributed by atoms with Gasteiger partial charge in [-0.15, -0.1) is 12.1 Å². The average molecular weight is 310 g/mol. The minimum atomic E-state index is 0.756. The van der Waals surface area contributed by atoms with Crippen LogP contribution in [0.5, 0.6) is 0 Å². The zero-order chi connectivity index (χ0) is 16.2. The Labute approximate surface area is 144 Å². The Morgan fingerprint density at radius 2 is 1.61 bits per heavy atom. The van der Waals surface area contributed by atoms with Crippen molar-refractivity contribution in [3.8, 4) is 0 Å². The summed E-state index contributed by atoms with van der Waals surface area (Å²) < 4.78 is 0. The molecule has 3 aliphatic rings. The molecule has 0 nitrogen and oxygen atoms in total. The topological polar surface area (TPSA) is 0 Å². The number of allylic oxidation sites excluding steroid dienone is 5. The van der Waals surface area contributed by atoms with Crippen LogP contribution in [0.15, 0.2) is 34.7 Å². The maximum atomic E-state index is 4.02. The van der Waals surface area contributed by atoms with Gasteiger partial charge in [0.15, 0.2) is 7.28 Å². The molecule has 23 heavy (non-hydrogen) atoms. The summed E-state index contributed by atoms with van der Waals surface area (Å²) in [6.07, 6.45) is 17.7. The van der Waals surface area contributed by atoms with Crippen LogP contribution in [0.1, 0.15) is 84.5 Å². The van der Waals surface area contributed by atoms with Gasteiger partial charge >= 0.3 is 0 Å². The molecule has 0 spiro atoms. The Balaban J connectivity index is 1.70. The molecule has 3 rings (SSSR count). The highest BCUT2D eigenvalue weighted by molar-refractivity contribution is 6.54. The van der Waals surface area contributed by atoms with E-state index < -0.39 is 0 Å². The summed E-state index contributed by atoms with van der Waals surface area (Å²) >= 11 is 0. The summed E-state index contributed by atoms with van der Waals surface area (Å²) in [4.78, 5) is 0. The lowest BCUT2D eigenvalue weighted by Gasteiger charge is -2.43. The molecule has 1 saturated carbocycles. The van der Waals surface area contributed by atoms with Crippen LogP contribution in [0.2, 0.25) is 0 Å². The van der Waals surface area contributed by atoms with Gasteiger partial charge in [0, 0.05) is 0 Å². The third-order valence-corrected chi connectivity index (χ3v) is 7.06. The summed E-state index contributed by atoms with van der Waals surface area (Å²) in [5.74, 6) is 2.65. The Kier molecular flexibility index (Phi) is 5.88. The molecule has 3 atom stereocenters. The molecule has 0 aliphatic heterocycles. The molecule has 0 saturated heterocycles. The predicted octanol–water partition coefficient (Wildman–Crippen LogP) is 6.34. The summed E-state index contributed by atoms with van der Waals surface area (Å²) in [7, 11) is 1.32. The first-order chi connectivity index (χ1) is 11.2. The molecule has 1 heteroatoms. The van der Waals surface area contributed by atoms with E-state index in [4.69, 9.17) is 0 Å². The van der Waals surface area contributed by atoms with Crippen molar-refractivity contribution in [3.63, 3.8) is 0 Å². The van der Waals surface area contributed by atoms with Crippen molar-refractivity contribution in [2.24, 2.45) is 17.8 Å². The van der Waals surface area contributed by atoms with E-state index in [1.165, 1.54) is 77.9 Å². The maximum absolute atomic E-state index is 4.02. The van der Waals surface area contributed by atoms with Crippen LogP contribution in [0.3, 0.4) is 0 Å². The molecule has 3 aliphatic carbocycles. The van der Waals surface area contributed by atoms with Gasteiger partial charge in [-0.25, -0.2) is 0 Å². The van der Waals surface area contributed by atoms with E-state index in [0.29, 0.717) is 0 Å². The fraction of sp³-hybridized carbons (Fsp3) is 0.727. The van der Waals surface area contributed by atoms with Gasteiger partial charge in [-0.05, 0) is 76.5 Å². The van der Waals surface area contributed by atoms with Gasteiger partial charge in [0.2, 0.25) is 0 Å². The van der Waals surface area contributed by atoms with Crippen molar-refractivity contribution in [2.45, 2.75) is 84.5 Å². The second kappa shape index (κ2) is 7.91. The standard InChI is InChI=1S/C22H35B/c1-4-18-10-9-13-21(16(2)14-15-18)23-22-17(3)19-11-7-5-6-8-12-20(19)22/h4,18-20,23H,1,5-15H2,2-3H3/b21-16+. The molecule has 0 heterocycles. The smallest absolute Gasteiger partial charge is 0.103 e. The van der Waals surface area contributed by atoms with Gasteiger partial charge in [-0.2, -0.15) is 0 Å². The van der Waals surface area contributed by atoms with Gasteiger partial charge in [0.25, 0.3) is 0 Å². The molecule has 0 aromatic heterocycles. The minimum Gasteiger partial charge on any atom is -0.103 e. The molecular weight excluding hydrogens is 275 g/mol. The Hall–Kier alpha value is -0.715. The van der Waals surface area contributed by atoms with Crippen LogP contribution < -0.4 is 0 Å². The van der Waals surface area contributed by atoms with E-state index >= 15 is 0 Å². The van der Waals surface area contributed by atoms with Crippen molar-refractivity contribution in [1.29, 1.82) is 0 Å². The fourth-order valence-corrected chi connectivity index (χ4v) is 5.34. The third-order valence-electron chi connectivity index (χ3n) is 7.06. The normalized spacial score (nSPS) is 36.0. The van der Waals surface area contributed by atoms with Crippen molar-refractivity contribution >= 4 is 7.28 Å². The molecule has 0 bridgehead atoms. The third kappa shape index (κ3) is 3.86. The molecule has 0 aromatic rings. The highest BCUT2D eigenvalue weighted by atomic mass is 14.4. The Morgan fingerprint density at radius 3 is 2.35 bits per heavy atom. The number of fused-ring (bicyclic) bond motifs is 1. The van der Waals surface area contributed by atoms with E-state index in [2.05, 4.69) is 26.5 Å². The van der Waals surface area contributed by atoms with E-state index in [1.54, 1.807) is 16.6 Å². The van der Waals surface area contributed by atoms with Crippen molar-refractivity contribution < 1.29 is 0 Å². The second-order valence-corrected chi connectivity index (χ2v) is 8.40. The average Bonchev–Trinajstić information content (AvgIpc) is 2.52. The van der Waals surface area contributed by atoms with Crippen molar-refractivity contribution in [2.75, 3.05) is 0 Å². The van der Waals surface area contributed by atoms with Gasteiger partial charge in [-0.3, -0.25) is 0 Å². The number of hydrogen-bond acceptors (Lipinski definition) is 0. The highest BCUT2D eigenvalue weighted by Gasteiger charge is 2.37. The summed E-state index contributed by atoms with van der Waals surface area (Å²) in [5.41, 5.74) is 7.13. The monoisotopic (exact) mass is 310 g/mol. The minimum absolute atomic E-state index is 0.756. The zero-order valence-corrected chi connectivity index (χ0v) is 15.5. The SMILES string of the molecule is C=CC1CCC/C(BC2=C(C)C3CCCCCCC23)=C(/C)CC1.